The van der Waals surface area contributed by atoms with Gasteiger partial charge in [-0.25, -0.2) is 4.39 Å². The van der Waals surface area contributed by atoms with E-state index in [4.69, 9.17) is 19.4 Å². The summed E-state index contributed by atoms with van der Waals surface area (Å²) >= 11 is 0. The zero-order valence-electron chi connectivity index (χ0n) is 27.2. The fourth-order valence-electron chi connectivity index (χ4n) is 9.05. The van der Waals surface area contributed by atoms with E-state index >= 15 is 0 Å². The summed E-state index contributed by atoms with van der Waals surface area (Å²) in [6.45, 7) is 6.74. The maximum Gasteiger partial charge on any atom is 0.319 e. The largest absolute Gasteiger partial charge is 0.487 e. The number of halogens is 1. The van der Waals surface area contributed by atoms with Crippen molar-refractivity contribution in [2.24, 2.45) is 5.92 Å². The summed E-state index contributed by atoms with van der Waals surface area (Å²) < 4.78 is 27.9. The highest BCUT2D eigenvalue weighted by Crippen LogP contribution is 2.58. The first-order chi connectivity index (χ1) is 23.4. The molecule has 0 spiro atoms. The average Bonchev–Trinajstić information content (AvgIpc) is 3.97. The van der Waals surface area contributed by atoms with Crippen molar-refractivity contribution in [3.63, 3.8) is 0 Å². The number of benzene rings is 2. The van der Waals surface area contributed by atoms with Gasteiger partial charge in [-0.3, -0.25) is 9.69 Å². The van der Waals surface area contributed by atoms with Crippen LogP contribution in [0.1, 0.15) is 62.0 Å². The van der Waals surface area contributed by atoms with Gasteiger partial charge in [-0.15, -0.1) is 0 Å². The Balaban J connectivity index is 1.16. The van der Waals surface area contributed by atoms with Gasteiger partial charge in [0.05, 0.1) is 30.2 Å². The van der Waals surface area contributed by atoms with Crippen LogP contribution in [0.5, 0.6) is 11.8 Å². The normalized spacial score (nSPS) is 28.9. The van der Waals surface area contributed by atoms with Gasteiger partial charge in [0.25, 0.3) is 0 Å². The molecule has 0 bridgehead atoms. The molecule has 3 aliphatic carbocycles. The summed E-state index contributed by atoms with van der Waals surface area (Å²) in [5.41, 5.74) is 5.52. The first-order valence-corrected chi connectivity index (χ1v) is 17.6. The number of alkyl halides is 1. The Kier molecular flexibility index (Phi) is 7.12. The summed E-state index contributed by atoms with van der Waals surface area (Å²) in [5, 5.41) is 10.5. The zero-order chi connectivity index (χ0) is 32.6. The minimum absolute atomic E-state index is 0.140. The lowest BCUT2D eigenvalue weighted by Crippen LogP contribution is -2.55. The van der Waals surface area contributed by atoms with Crippen molar-refractivity contribution >= 4 is 22.6 Å². The second-order valence-electron chi connectivity index (χ2n) is 14.7. The summed E-state index contributed by atoms with van der Waals surface area (Å²) in [6, 6.07) is 13.1. The smallest absolute Gasteiger partial charge is 0.319 e. The fraction of sp³-hybridized carbons (Fsp3) is 0.526. The number of amides is 1. The van der Waals surface area contributed by atoms with Gasteiger partial charge in [0.2, 0.25) is 5.91 Å². The van der Waals surface area contributed by atoms with Crippen molar-refractivity contribution in [3.8, 4) is 29.0 Å². The molecule has 0 N–H and O–H groups in total. The fourth-order valence-corrected chi connectivity index (χ4v) is 9.05. The number of hydrogen-bond acceptors (Lipinski definition) is 8. The van der Waals surface area contributed by atoms with E-state index in [1.807, 2.05) is 0 Å². The molecule has 6 aliphatic rings. The van der Waals surface area contributed by atoms with Crippen molar-refractivity contribution in [2.75, 3.05) is 44.2 Å². The van der Waals surface area contributed by atoms with E-state index < -0.39 is 6.17 Å². The summed E-state index contributed by atoms with van der Waals surface area (Å²) in [6.07, 6.45) is 7.59. The van der Waals surface area contributed by atoms with Crippen LogP contribution in [-0.2, 0) is 11.2 Å². The van der Waals surface area contributed by atoms with Crippen LogP contribution in [0.2, 0.25) is 0 Å². The number of aromatic nitrogens is 2. The quantitative estimate of drug-likeness (QED) is 0.278. The molecule has 2 saturated carbocycles. The Morgan fingerprint density at radius 3 is 2.88 bits per heavy atom. The van der Waals surface area contributed by atoms with Crippen LogP contribution < -0.4 is 14.4 Å². The monoisotopic (exact) mass is 648 g/mol. The number of hydrogen-bond donors (Lipinski definition) is 0. The average molecular weight is 649 g/mol. The van der Waals surface area contributed by atoms with Crippen molar-refractivity contribution in [1.82, 2.24) is 19.8 Å². The van der Waals surface area contributed by atoms with E-state index in [9.17, 15) is 14.4 Å². The van der Waals surface area contributed by atoms with Crippen LogP contribution >= 0.6 is 0 Å². The van der Waals surface area contributed by atoms with Crippen LogP contribution in [0, 0.1) is 17.2 Å². The first kappa shape index (κ1) is 29.9. The minimum Gasteiger partial charge on any atom is -0.487 e. The molecule has 4 heterocycles. The Labute approximate surface area is 280 Å². The molecule has 0 unspecified atom stereocenters. The highest BCUT2D eigenvalue weighted by molar-refractivity contribution is 5.99. The minimum atomic E-state index is -0.853. The molecule has 5 fully saturated rings. The van der Waals surface area contributed by atoms with E-state index in [0.717, 1.165) is 61.3 Å². The van der Waals surface area contributed by atoms with E-state index in [2.05, 4.69) is 52.8 Å². The predicted octanol–water partition coefficient (Wildman–Crippen LogP) is 5.57. The van der Waals surface area contributed by atoms with Gasteiger partial charge in [0, 0.05) is 43.5 Å². The molecular weight excluding hydrogens is 607 g/mol. The third-order valence-corrected chi connectivity index (χ3v) is 11.7. The van der Waals surface area contributed by atoms with Gasteiger partial charge in [-0.1, -0.05) is 24.8 Å². The van der Waals surface area contributed by atoms with Gasteiger partial charge in [0.15, 0.2) is 5.75 Å². The summed E-state index contributed by atoms with van der Waals surface area (Å²) in [4.78, 5) is 28.9. The molecular formula is C38H41FN6O3. The molecule has 5 atom stereocenters. The second kappa shape index (κ2) is 11.4. The molecule has 48 heavy (non-hydrogen) atoms. The van der Waals surface area contributed by atoms with Gasteiger partial charge < -0.3 is 19.3 Å². The van der Waals surface area contributed by atoms with Gasteiger partial charge in [-0.05, 0) is 91.8 Å². The Morgan fingerprint density at radius 2 is 2.04 bits per heavy atom. The molecule has 2 aromatic carbocycles. The highest BCUT2D eigenvalue weighted by atomic mass is 19.1. The lowest BCUT2D eigenvalue weighted by molar-refractivity contribution is -0.128. The molecule has 9 nitrogen and oxygen atoms in total. The van der Waals surface area contributed by atoms with E-state index in [0.29, 0.717) is 56.5 Å². The third-order valence-electron chi connectivity index (χ3n) is 11.7. The van der Waals surface area contributed by atoms with Crippen LogP contribution in [0.25, 0.3) is 22.0 Å². The number of nitriles is 1. The lowest BCUT2D eigenvalue weighted by atomic mass is 9.93. The van der Waals surface area contributed by atoms with Gasteiger partial charge in [-0.2, -0.15) is 15.2 Å². The number of nitrogens with zero attached hydrogens (tertiary/aromatic N) is 6. The van der Waals surface area contributed by atoms with Crippen molar-refractivity contribution < 1.29 is 18.7 Å². The number of anilines is 1. The molecule has 3 aromatic rings. The molecule has 3 aliphatic heterocycles. The molecule has 0 radical (unpaired) electrons. The SMILES string of the molecule is C=CC(=O)N1CCN(c2nc(OC[C@@]34CCCN3C[C@H](F)C4)nc3c(OC4CC4)c(-c4cccc5c4C[C@@H]4C[C@H]54)ccc23)C[C@@H]1CC#N. The van der Waals surface area contributed by atoms with Crippen molar-refractivity contribution in [2.45, 2.75) is 81.1 Å². The Hall–Kier alpha value is -4.23. The molecule has 3 saturated heterocycles. The van der Waals surface area contributed by atoms with E-state index in [1.165, 1.54) is 29.2 Å². The number of carbonyl (C=O) groups excluding carboxylic acids is 1. The third kappa shape index (κ3) is 5.01. The number of ether oxygens (including phenoxy) is 2. The summed E-state index contributed by atoms with van der Waals surface area (Å²) in [7, 11) is 0. The number of piperazine rings is 1. The predicted molar refractivity (Wildman–Crippen MR) is 180 cm³/mol. The molecule has 1 aromatic heterocycles. The van der Waals surface area contributed by atoms with Crippen molar-refractivity contribution in [1.29, 1.82) is 5.26 Å². The zero-order valence-corrected chi connectivity index (χ0v) is 27.2. The number of rotatable bonds is 9. The Bertz CT molecular complexity index is 1860. The van der Waals surface area contributed by atoms with E-state index in [-0.39, 0.29) is 36.0 Å². The van der Waals surface area contributed by atoms with Gasteiger partial charge in [0.1, 0.15) is 24.1 Å². The van der Waals surface area contributed by atoms with Crippen molar-refractivity contribution in [3.05, 3.63) is 54.1 Å². The second-order valence-corrected chi connectivity index (χ2v) is 14.7. The Morgan fingerprint density at radius 1 is 1.15 bits per heavy atom. The topological polar surface area (TPSA) is 94.8 Å². The van der Waals surface area contributed by atoms with Crippen LogP contribution in [0.15, 0.2) is 43.0 Å². The van der Waals surface area contributed by atoms with Crippen LogP contribution in [0.3, 0.4) is 0 Å². The summed E-state index contributed by atoms with van der Waals surface area (Å²) in [5.74, 6) is 2.73. The molecule has 9 rings (SSSR count). The maximum atomic E-state index is 14.6. The number of carbonyl (C=O) groups is 1. The standard InChI is InChI=1S/C38H41FN6O3/c1-2-33(46)45-16-15-43(21-25(45)11-13-40)36-30-10-9-29(27-5-3-6-28-31-17-23(31)18-32(27)28)35(48-26-7-8-26)34(30)41-37(42-36)47-22-38-12-4-14-44(38)20-24(39)19-38/h2-3,5-6,9-10,23-26,31H,1,4,7-8,11-12,14-22H2/t23-,24+,25-,31-,38-/m0/s1. The maximum absolute atomic E-state index is 14.6. The highest BCUT2D eigenvalue weighted by Gasteiger charge is 2.50. The van der Waals surface area contributed by atoms with Crippen LogP contribution in [0.4, 0.5) is 10.2 Å². The van der Waals surface area contributed by atoms with Crippen LogP contribution in [-0.4, -0.2) is 88.9 Å². The van der Waals surface area contributed by atoms with Gasteiger partial charge >= 0.3 is 6.01 Å². The van der Waals surface area contributed by atoms with E-state index in [1.54, 1.807) is 4.90 Å². The first-order valence-electron chi connectivity index (χ1n) is 17.6. The number of fused-ring (bicyclic) bond motifs is 5. The lowest BCUT2D eigenvalue weighted by Gasteiger charge is -2.41. The molecule has 1 amide bonds. The molecule has 10 heteroatoms. The molecule has 248 valence electrons.